The predicted octanol–water partition coefficient (Wildman–Crippen LogP) is 1.91. The van der Waals surface area contributed by atoms with Gasteiger partial charge in [0.1, 0.15) is 17.4 Å². The molecule has 0 saturated carbocycles. The van der Waals surface area contributed by atoms with Crippen molar-refractivity contribution in [3.05, 3.63) is 46.4 Å². The molecule has 1 aromatic heterocycles. The van der Waals surface area contributed by atoms with Gasteiger partial charge in [0.2, 0.25) is 0 Å². The van der Waals surface area contributed by atoms with Crippen LogP contribution in [0.15, 0.2) is 18.2 Å². The van der Waals surface area contributed by atoms with Crippen molar-refractivity contribution in [2.75, 3.05) is 25.9 Å². The predicted molar refractivity (Wildman–Crippen MR) is 89.6 cm³/mol. The van der Waals surface area contributed by atoms with Gasteiger partial charge in [-0.05, 0) is 56.6 Å². The van der Waals surface area contributed by atoms with Crippen molar-refractivity contribution < 1.29 is 9.50 Å². The van der Waals surface area contributed by atoms with E-state index in [1.54, 1.807) is 13.0 Å². The lowest BCUT2D eigenvalue weighted by Gasteiger charge is -2.21. The number of nitrogen functional groups attached to an aromatic ring is 1. The van der Waals surface area contributed by atoms with Gasteiger partial charge < -0.3 is 15.7 Å². The molecule has 0 bridgehead atoms. The van der Waals surface area contributed by atoms with E-state index in [0.717, 1.165) is 29.8 Å². The molecular formula is C17H22FN5O. The first-order valence-electron chi connectivity index (χ1n) is 7.77. The van der Waals surface area contributed by atoms with Gasteiger partial charge in [0.05, 0.1) is 11.8 Å². The van der Waals surface area contributed by atoms with Crippen molar-refractivity contribution in [3.8, 4) is 6.07 Å². The second-order valence-electron chi connectivity index (χ2n) is 5.96. The quantitative estimate of drug-likeness (QED) is 0.719. The van der Waals surface area contributed by atoms with Gasteiger partial charge in [0.15, 0.2) is 5.82 Å². The molecule has 0 aliphatic heterocycles. The molecule has 2 rings (SSSR count). The molecule has 7 heteroatoms. The first-order valence-corrected chi connectivity index (χ1v) is 7.77. The van der Waals surface area contributed by atoms with Crippen LogP contribution in [0.2, 0.25) is 0 Å². The normalized spacial score (nSPS) is 12.3. The molecule has 128 valence electrons. The third kappa shape index (κ3) is 4.31. The average Bonchev–Trinajstić information content (AvgIpc) is 2.87. The third-order valence-corrected chi connectivity index (χ3v) is 4.02. The summed E-state index contributed by atoms with van der Waals surface area (Å²) in [5, 5.41) is 26.0. The second kappa shape index (κ2) is 7.90. The number of aryl methyl sites for hydroxylation is 2. The summed E-state index contributed by atoms with van der Waals surface area (Å²) in [6, 6.07) is 6.44. The monoisotopic (exact) mass is 331 g/mol. The highest BCUT2D eigenvalue weighted by Gasteiger charge is 2.14. The highest BCUT2D eigenvalue weighted by atomic mass is 19.1. The molecule has 0 saturated heterocycles. The zero-order valence-corrected chi connectivity index (χ0v) is 13.9. The number of benzene rings is 1. The van der Waals surface area contributed by atoms with Crippen molar-refractivity contribution in [2.45, 2.75) is 25.9 Å². The zero-order chi connectivity index (χ0) is 17.7. The number of halogens is 1. The van der Waals surface area contributed by atoms with Crippen LogP contribution in [0.5, 0.6) is 0 Å². The largest absolute Gasteiger partial charge is 0.387 e. The van der Waals surface area contributed by atoms with E-state index in [2.05, 4.69) is 10.2 Å². The number of likely N-dealkylation sites (N-methyl/N-ethyl adjacent to an activating group) is 1. The highest BCUT2D eigenvalue weighted by molar-refractivity contribution is 5.50. The van der Waals surface area contributed by atoms with E-state index in [9.17, 15) is 9.50 Å². The van der Waals surface area contributed by atoms with E-state index in [-0.39, 0.29) is 11.6 Å². The molecule has 0 fully saturated rings. The molecular weight excluding hydrogens is 309 g/mol. The van der Waals surface area contributed by atoms with Crippen LogP contribution in [-0.4, -0.2) is 40.3 Å². The molecule has 0 aliphatic carbocycles. The number of rotatable bonds is 7. The number of aromatic nitrogens is 2. The molecule has 1 atom stereocenters. The molecule has 1 aromatic carbocycles. The Morgan fingerprint density at radius 3 is 2.92 bits per heavy atom. The molecule has 1 unspecified atom stereocenters. The number of nitrogens with zero attached hydrogens (tertiary/aromatic N) is 3. The SMILES string of the molecule is Cc1cc(F)ccc1C(O)CN(C)CCCc1[nH]nc(N)c1C#N. The van der Waals surface area contributed by atoms with Crippen LogP contribution in [0.1, 0.15) is 34.9 Å². The van der Waals surface area contributed by atoms with Gasteiger partial charge in [-0.1, -0.05) is 6.07 Å². The molecule has 0 amide bonds. The lowest BCUT2D eigenvalue weighted by molar-refractivity contribution is 0.125. The zero-order valence-electron chi connectivity index (χ0n) is 13.9. The fourth-order valence-corrected chi connectivity index (χ4v) is 2.72. The van der Waals surface area contributed by atoms with Gasteiger partial charge in [-0.25, -0.2) is 4.39 Å². The topological polar surface area (TPSA) is 102 Å². The fourth-order valence-electron chi connectivity index (χ4n) is 2.72. The maximum Gasteiger partial charge on any atom is 0.163 e. The minimum absolute atomic E-state index is 0.225. The van der Waals surface area contributed by atoms with Crippen LogP contribution in [0, 0.1) is 24.1 Å². The van der Waals surface area contributed by atoms with Gasteiger partial charge in [0.25, 0.3) is 0 Å². The van der Waals surface area contributed by atoms with Crippen LogP contribution < -0.4 is 5.73 Å². The summed E-state index contributed by atoms with van der Waals surface area (Å²) >= 11 is 0. The summed E-state index contributed by atoms with van der Waals surface area (Å²) in [7, 11) is 1.91. The molecule has 24 heavy (non-hydrogen) atoms. The van der Waals surface area contributed by atoms with Crippen LogP contribution in [0.3, 0.4) is 0 Å². The van der Waals surface area contributed by atoms with E-state index in [0.29, 0.717) is 18.5 Å². The molecule has 2 aromatic rings. The number of aliphatic hydroxyl groups is 1. The van der Waals surface area contributed by atoms with Crippen LogP contribution >= 0.6 is 0 Å². The number of anilines is 1. The van der Waals surface area contributed by atoms with E-state index < -0.39 is 6.10 Å². The lowest BCUT2D eigenvalue weighted by Crippen LogP contribution is -2.26. The minimum atomic E-state index is -0.673. The van der Waals surface area contributed by atoms with Crippen LogP contribution in [0.25, 0.3) is 0 Å². The maximum atomic E-state index is 13.1. The van der Waals surface area contributed by atoms with E-state index in [4.69, 9.17) is 11.0 Å². The molecule has 0 aliphatic rings. The molecule has 6 nitrogen and oxygen atoms in total. The summed E-state index contributed by atoms with van der Waals surface area (Å²) in [4.78, 5) is 2.00. The van der Waals surface area contributed by atoms with Gasteiger partial charge in [-0.3, -0.25) is 5.10 Å². The lowest BCUT2D eigenvalue weighted by atomic mass is 10.0. The fraction of sp³-hybridized carbons (Fsp3) is 0.412. The Hall–Kier alpha value is -2.43. The summed E-state index contributed by atoms with van der Waals surface area (Å²) in [6.07, 6.45) is 0.776. The Kier molecular flexibility index (Phi) is 5.90. The van der Waals surface area contributed by atoms with Crippen molar-refractivity contribution in [1.82, 2.24) is 15.1 Å². The third-order valence-electron chi connectivity index (χ3n) is 4.02. The smallest absolute Gasteiger partial charge is 0.163 e. The number of nitrogens with one attached hydrogen (secondary N) is 1. The Labute approximate surface area is 140 Å². The van der Waals surface area contributed by atoms with E-state index >= 15 is 0 Å². The van der Waals surface area contributed by atoms with Crippen molar-refractivity contribution in [2.24, 2.45) is 0 Å². The summed E-state index contributed by atoms with van der Waals surface area (Å²) in [5.74, 6) is -0.0769. The molecule has 1 heterocycles. The van der Waals surface area contributed by atoms with Crippen molar-refractivity contribution in [1.29, 1.82) is 5.26 Å². The summed E-state index contributed by atoms with van der Waals surface area (Å²) in [6.45, 7) is 2.97. The second-order valence-corrected chi connectivity index (χ2v) is 5.96. The molecule has 0 spiro atoms. The Balaban J connectivity index is 1.84. The maximum absolute atomic E-state index is 13.1. The standard InChI is InChI=1S/C17H22FN5O/c1-11-8-12(18)5-6-13(11)16(24)10-23(2)7-3-4-15-14(9-19)17(20)22-21-15/h5-6,8,16,24H,3-4,7,10H2,1-2H3,(H3,20,21,22). The minimum Gasteiger partial charge on any atom is -0.387 e. The number of hydrogen-bond donors (Lipinski definition) is 3. The average molecular weight is 331 g/mol. The number of hydrogen-bond acceptors (Lipinski definition) is 5. The Bertz CT molecular complexity index is 737. The first kappa shape index (κ1) is 17.9. The van der Waals surface area contributed by atoms with Crippen molar-refractivity contribution >= 4 is 5.82 Å². The molecule has 0 radical (unpaired) electrons. The number of nitrogens with two attached hydrogens (primary N) is 1. The van der Waals surface area contributed by atoms with Crippen LogP contribution in [0.4, 0.5) is 10.2 Å². The summed E-state index contributed by atoms with van der Waals surface area (Å²) in [5.41, 5.74) is 8.21. The number of aliphatic hydroxyl groups excluding tert-OH is 1. The van der Waals surface area contributed by atoms with Gasteiger partial charge in [-0.2, -0.15) is 10.4 Å². The van der Waals surface area contributed by atoms with Gasteiger partial charge >= 0.3 is 0 Å². The van der Waals surface area contributed by atoms with Gasteiger partial charge in [0, 0.05) is 6.54 Å². The van der Waals surface area contributed by atoms with Gasteiger partial charge in [-0.15, -0.1) is 0 Å². The number of H-pyrrole nitrogens is 1. The number of nitriles is 1. The first-order chi connectivity index (χ1) is 11.4. The Morgan fingerprint density at radius 1 is 1.50 bits per heavy atom. The summed E-state index contributed by atoms with van der Waals surface area (Å²) < 4.78 is 13.1. The molecule has 4 N–H and O–H groups in total. The van der Waals surface area contributed by atoms with Crippen LogP contribution in [-0.2, 0) is 6.42 Å². The van der Waals surface area contributed by atoms with Crippen molar-refractivity contribution in [3.63, 3.8) is 0 Å². The highest BCUT2D eigenvalue weighted by Crippen LogP contribution is 2.20. The van der Waals surface area contributed by atoms with E-state index in [1.165, 1.54) is 12.1 Å². The van der Waals surface area contributed by atoms with E-state index in [1.807, 2.05) is 18.0 Å². The Morgan fingerprint density at radius 2 is 2.25 bits per heavy atom. The number of aromatic amines is 1.